The largest absolute Gasteiger partial charge is 0.442 e. The molecule has 1 N–H and O–H groups in total. The Bertz CT molecular complexity index is 942. The lowest BCUT2D eigenvalue weighted by atomic mass is 10.1. The highest BCUT2D eigenvalue weighted by molar-refractivity contribution is 6.12. The maximum Gasteiger partial charge on any atom is 0.265 e. The molecule has 0 aliphatic carbocycles. The minimum absolute atomic E-state index is 0.170. The van der Waals surface area contributed by atoms with Gasteiger partial charge in [0.2, 0.25) is 5.71 Å². The van der Waals surface area contributed by atoms with Crippen molar-refractivity contribution in [3.63, 3.8) is 0 Å². The first-order valence-electron chi connectivity index (χ1n) is 7.68. The van der Waals surface area contributed by atoms with Crippen LogP contribution in [0.25, 0.3) is 11.1 Å². The Morgan fingerprint density at radius 3 is 2.79 bits per heavy atom. The molecule has 3 heterocycles. The first-order valence-corrected chi connectivity index (χ1v) is 7.68. The number of nitrogens with one attached hydrogen (secondary N) is 1. The van der Waals surface area contributed by atoms with Gasteiger partial charge in [-0.25, -0.2) is 9.97 Å². The van der Waals surface area contributed by atoms with E-state index in [2.05, 4.69) is 15.3 Å². The van der Waals surface area contributed by atoms with Crippen LogP contribution in [0.4, 0.5) is 5.82 Å². The summed E-state index contributed by atoms with van der Waals surface area (Å²) in [6, 6.07) is 5.19. The molecule has 0 fully saturated rings. The number of hydrogen-bond acceptors (Lipinski definition) is 5. The summed E-state index contributed by atoms with van der Waals surface area (Å²) in [6.07, 6.45) is 3.03. The predicted molar refractivity (Wildman–Crippen MR) is 90.0 cm³/mol. The van der Waals surface area contributed by atoms with Crippen molar-refractivity contribution in [2.75, 3.05) is 5.32 Å². The van der Waals surface area contributed by atoms with Gasteiger partial charge in [0.05, 0.1) is 5.56 Å². The molecule has 0 atom stereocenters. The van der Waals surface area contributed by atoms with E-state index in [0.29, 0.717) is 18.1 Å². The van der Waals surface area contributed by atoms with Crippen LogP contribution in [0.3, 0.4) is 0 Å². The zero-order chi connectivity index (χ0) is 17.3. The highest BCUT2D eigenvalue weighted by atomic mass is 16.3. The predicted octanol–water partition coefficient (Wildman–Crippen LogP) is 2.60. The Kier molecular flexibility index (Phi) is 4.16. The number of furan rings is 1. The van der Waals surface area contributed by atoms with Crippen molar-refractivity contribution in [1.82, 2.24) is 14.5 Å². The van der Waals surface area contributed by atoms with Gasteiger partial charge in [-0.3, -0.25) is 14.2 Å². The zero-order valence-electron chi connectivity index (χ0n) is 13.7. The summed E-state index contributed by atoms with van der Waals surface area (Å²) in [6.45, 7) is 6.17. The van der Waals surface area contributed by atoms with Gasteiger partial charge in [0.25, 0.3) is 11.5 Å². The van der Waals surface area contributed by atoms with Crippen molar-refractivity contribution in [1.29, 1.82) is 0 Å². The molecule has 0 radical (unpaired) electrons. The molecule has 24 heavy (non-hydrogen) atoms. The van der Waals surface area contributed by atoms with Crippen molar-refractivity contribution in [3.8, 4) is 0 Å². The molecule has 3 aromatic rings. The lowest BCUT2D eigenvalue weighted by Gasteiger charge is -2.08. The number of aryl methyl sites for hydroxylation is 1. The van der Waals surface area contributed by atoms with E-state index in [9.17, 15) is 9.59 Å². The average molecular weight is 326 g/mol. The van der Waals surface area contributed by atoms with E-state index in [-0.39, 0.29) is 28.1 Å². The summed E-state index contributed by atoms with van der Waals surface area (Å²) in [4.78, 5) is 33.6. The fourth-order valence-corrected chi connectivity index (χ4v) is 2.55. The molecule has 3 rings (SSSR count). The molecule has 7 heteroatoms. The Balaban J connectivity index is 2.08. The minimum Gasteiger partial charge on any atom is -0.442 e. The second-order valence-corrected chi connectivity index (χ2v) is 5.98. The maximum atomic E-state index is 12.7. The van der Waals surface area contributed by atoms with E-state index in [0.717, 1.165) is 0 Å². The Labute approximate surface area is 138 Å². The van der Waals surface area contributed by atoms with Crippen LogP contribution in [0.2, 0.25) is 0 Å². The Hall–Kier alpha value is -2.96. The average Bonchev–Trinajstić information content (AvgIpc) is 2.88. The van der Waals surface area contributed by atoms with E-state index in [1.165, 1.54) is 10.9 Å². The monoisotopic (exact) mass is 326 g/mol. The van der Waals surface area contributed by atoms with Crippen LogP contribution < -0.4 is 10.9 Å². The van der Waals surface area contributed by atoms with E-state index in [1.807, 2.05) is 13.8 Å². The third kappa shape index (κ3) is 2.92. The standard InChI is InChI=1S/C17H18N4O3/c1-10(2)8-21-9-19-16-14(17(21)23)13(11(3)24-16)15(22)20-12-6-4-5-7-18-12/h4-7,9-10H,8H2,1-3H3,(H,18,20,22). The quantitative estimate of drug-likeness (QED) is 0.796. The van der Waals surface area contributed by atoms with E-state index < -0.39 is 5.91 Å². The summed E-state index contributed by atoms with van der Waals surface area (Å²) in [5, 5.41) is 2.88. The summed E-state index contributed by atoms with van der Waals surface area (Å²) in [7, 11) is 0. The number of carbonyl (C=O) groups excluding carboxylic acids is 1. The van der Waals surface area contributed by atoms with Crippen LogP contribution in [-0.2, 0) is 6.54 Å². The Morgan fingerprint density at radius 2 is 2.12 bits per heavy atom. The van der Waals surface area contributed by atoms with Crippen LogP contribution in [0.5, 0.6) is 0 Å². The van der Waals surface area contributed by atoms with Gasteiger partial charge in [-0.1, -0.05) is 19.9 Å². The van der Waals surface area contributed by atoms with Crippen LogP contribution in [0.1, 0.15) is 30.0 Å². The molecule has 0 aromatic carbocycles. The number of rotatable bonds is 4. The highest BCUT2D eigenvalue weighted by Crippen LogP contribution is 2.22. The molecule has 0 unspecified atom stereocenters. The number of anilines is 1. The van der Waals surface area contributed by atoms with Crippen LogP contribution in [-0.4, -0.2) is 20.4 Å². The summed E-state index contributed by atoms with van der Waals surface area (Å²) in [5.74, 6) is 0.597. The number of nitrogens with zero attached hydrogens (tertiary/aromatic N) is 3. The molecular weight excluding hydrogens is 308 g/mol. The minimum atomic E-state index is -0.439. The third-order valence-corrected chi connectivity index (χ3v) is 3.55. The summed E-state index contributed by atoms with van der Waals surface area (Å²) >= 11 is 0. The molecular formula is C17H18N4O3. The fourth-order valence-electron chi connectivity index (χ4n) is 2.55. The number of fused-ring (bicyclic) bond motifs is 1. The highest BCUT2D eigenvalue weighted by Gasteiger charge is 2.23. The molecule has 0 bridgehead atoms. The van der Waals surface area contributed by atoms with Crippen LogP contribution >= 0.6 is 0 Å². The molecule has 3 aromatic heterocycles. The smallest absolute Gasteiger partial charge is 0.265 e. The first-order chi connectivity index (χ1) is 11.5. The van der Waals surface area contributed by atoms with Gasteiger partial charge in [-0.2, -0.15) is 0 Å². The fraction of sp³-hybridized carbons (Fsp3) is 0.294. The molecule has 1 amide bonds. The molecule has 124 valence electrons. The second kappa shape index (κ2) is 6.27. The number of aromatic nitrogens is 3. The van der Waals surface area contributed by atoms with Gasteiger partial charge in [-0.15, -0.1) is 0 Å². The maximum absolute atomic E-state index is 12.7. The lowest BCUT2D eigenvalue weighted by Crippen LogP contribution is -2.24. The number of hydrogen-bond donors (Lipinski definition) is 1. The van der Waals surface area contributed by atoms with Crippen molar-refractivity contribution >= 4 is 22.8 Å². The third-order valence-electron chi connectivity index (χ3n) is 3.55. The van der Waals surface area contributed by atoms with E-state index in [4.69, 9.17) is 4.42 Å². The van der Waals surface area contributed by atoms with Crippen molar-refractivity contribution in [2.45, 2.75) is 27.3 Å². The SMILES string of the molecule is Cc1oc2ncn(CC(C)C)c(=O)c2c1C(=O)Nc1ccccn1. The van der Waals surface area contributed by atoms with Gasteiger partial charge in [0.1, 0.15) is 23.3 Å². The second-order valence-electron chi connectivity index (χ2n) is 5.98. The van der Waals surface area contributed by atoms with Crippen molar-refractivity contribution in [3.05, 3.63) is 52.4 Å². The molecule has 0 saturated heterocycles. The number of carbonyl (C=O) groups is 1. The molecule has 0 aliphatic rings. The number of amides is 1. The normalized spacial score (nSPS) is 11.2. The van der Waals surface area contributed by atoms with Crippen LogP contribution in [0, 0.1) is 12.8 Å². The lowest BCUT2D eigenvalue weighted by molar-refractivity contribution is 0.102. The van der Waals surface area contributed by atoms with Gasteiger partial charge in [-0.05, 0) is 25.0 Å². The van der Waals surface area contributed by atoms with E-state index >= 15 is 0 Å². The summed E-state index contributed by atoms with van der Waals surface area (Å²) < 4.78 is 6.99. The zero-order valence-corrected chi connectivity index (χ0v) is 13.7. The molecule has 0 aliphatic heterocycles. The topological polar surface area (TPSA) is 90.0 Å². The molecule has 0 saturated carbocycles. The van der Waals surface area contributed by atoms with Crippen LogP contribution in [0.15, 0.2) is 39.9 Å². The summed E-state index contributed by atoms with van der Waals surface area (Å²) in [5.41, 5.74) is 0.0895. The van der Waals surface area contributed by atoms with E-state index in [1.54, 1.807) is 31.3 Å². The molecule has 7 nitrogen and oxygen atoms in total. The van der Waals surface area contributed by atoms with Gasteiger partial charge in [0.15, 0.2) is 0 Å². The Morgan fingerprint density at radius 1 is 1.33 bits per heavy atom. The van der Waals surface area contributed by atoms with Gasteiger partial charge >= 0.3 is 0 Å². The van der Waals surface area contributed by atoms with Crippen molar-refractivity contribution in [2.24, 2.45) is 5.92 Å². The first kappa shape index (κ1) is 15.9. The van der Waals surface area contributed by atoms with Gasteiger partial charge < -0.3 is 9.73 Å². The molecule has 0 spiro atoms. The number of pyridine rings is 1. The van der Waals surface area contributed by atoms with Gasteiger partial charge in [0, 0.05) is 12.7 Å². The van der Waals surface area contributed by atoms with Crippen molar-refractivity contribution < 1.29 is 9.21 Å².